The van der Waals surface area contributed by atoms with Crippen molar-refractivity contribution in [3.8, 4) is 5.75 Å². The first-order valence-electron chi connectivity index (χ1n) is 7.14. The molecule has 1 aromatic rings. The predicted octanol–water partition coefficient (Wildman–Crippen LogP) is 0.939. The van der Waals surface area contributed by atoms with Crippen LogP contribution in [0.5, 0.6) is 5.75 Å². The number of para-hydroxylation sites is 1. The highest BCUT2D eigenvalue weighted by Crippen LogP contribution is 2.31. The maximum absolute atomic E-state index is 12.0. The summed E-state index contributed by atoms with van der Waals surface area (Å²) in [5.41, 5.74) is 6.68. The molecule has 6 heteroatoms. The van der Waals surface area contributed by atoms with Gasteiger partial charge in [-0.2, -0.15) is 0 Å². The Morgan fingerprint density at radius 1 is 1.48 bits per heavy atom. The van der Waals surface area contributed by atoms with E-state index in [1.807, 2.05) is 38.1 Å². The van der Waals surface area contributed by atoms with E-state index in [0.717, 1.165) is 17.7 Å². The van der Waals surface area contributed by atoms with Crippen LogP contribution in [-0.2, 0) is 4.79 Å². The number of carbonyl (C=O) groups is 1. The standard InChI is InChI=1S/C15H22N4O2/c1-10(2)18-15(16)17-9-14(20)19-12-7-8-21-13-6-4-3-5-11(12)13/h3-6,10,12H,7-9H2,1-2H3,(H,19,20)(H3,16,17,18). The third-order valence-electron chi connectivity index (χ3n) is 3.12. The highest BCUT2D eigenvalue weighted by atomic mass is 16.5. The number of hydrogen-bond donors (Lipinski definition) is 3. The van der Waals surface area contributed by atoms with Crippen molar-refractivity contribution in [3.63, 3.8) is 0 Å². The van der Waals surface area contributed by atoms with E-state index in [0.29, 0.717) is 6.61 Å². The highest BCUT2D eigenvalue weighted by Gasteiger charge is 2.22. The van der Waals surface area contributed by atoms with Gasteiger partial charge in [-0.25, -0.2) is 4.99 Å². The van der Waals surface area contributed by atoms with E-state index in [-0.39, 0.29) is 30.5 Å². The second-order valence-corrected chi connectivity index (χ2v) is 5.30. The Bertz CT molecular complexity index is 528. The summed E-state index contributed by atoms with van der Waals surface area (Å²) >= 11 is 0. The van der Waals surface area contributed by atoms with Gasteiger partial charge < -0.3 is 21.1 Å². The molecule has 4 N–H and O–H groups in total. The van der Waals surface area contributed by atoms with Crippen molar-refractivity contribution in [2.24, 2.45) is 10.7 Å². The van der Waals surface area contributed by atoms with Crippen LogP contribution in [-0.4, -0.2) is 31.1 Å². The van der Waals surface area contributed by atoms with Crippen molar-refractivity contribution < 1.29 is 9.53 Å². The summed E-state index contributed by atoms with van der Waals surface area (Å²) in [7, 11) is 0. The Balaban J connectivity index is 1.92. The SMILES string of the molecule is CC(C)NC(N)=NCC(=O)NC1CCOc2ccccc21. The Kier molecular flexibility index (Phi) is 5.03. The monoisotopic (exact) mass is 290 g/mol. The summed E-state index contributed by atoms with van der Waals surface area (Å²) in [5.74, 6) is 0.969. The number of nitrogens with zero attached hydrogens (tertiary/aromatic N) is 1. The summed E-state index contributed by atoms with van der Waals surface area (Å²) in [4.78, 5) is 16.0. The lowest BCUT2D eigenvalue weighted by Crippen LogP contribution is -2.38. The number of hydrogen-bond acceptors (Lipinski definition) is 3. The summed E-state index contributed by atoms with van der Waals surface area (Å²) in [6, 6.07) is 7.91. The maximum atomic E-state index is 12.0. The van der Waals surface area contributed by atoms with Gasteiger partial charge in [0.2, 0.25) is 5.91 Å². The van der Waals surface area contributed by atoms with Crippen LogP contribution in [0.25, 0.3) is 0 Å². The molecule has 1 aliphatic heterocycles. The number of amides is 1. The number of nitrogens with one attached hydrogen (secondary N) is 2. The smallest absolute Gasteiger partial charge is 0.242 e. The first-order chi connectivity index (χ1) is 10.1. The predicted molar refractivity (Wildman–Crippen MR) is 82.2 cm³/mol. The van der Waals surface area contributed by atoms with Crippen LogP contribution in [0.1, 0.15) is 31.9 Å². The van der Waals surface area contributed by atoms with E-state index in [2.05, 4.69) is 15.6 Å². The number of fused-ring (bicyclic) bond motifs is 1. The molecule has 0 saturated heterocycles. The minimum atomic E-state index is -0.148. The van der Waals surface area contributed by atoms with Crippen molar-refractivity contribution >= 4 is 11.9 Å². The molecule has 0 aromatic heterocycles. The molecule has 1 aliphatic rings. The van der Waals surface area contributed by atoms with E-state index in [1.165, 1.54) is 0 Å². The number of nitrogens with two attached hydrogens (primary N) is 1. The summed E-state index contributed by atoms with van der Waals surface area (Å²) in [6.07, 6.45) is 0.756. The molecule has 1 amide bonds. The molecule has 0 saturated carbocycles. The van der Waals surface area contributed by atoms with E-state index >= 15 is 0 Å². The molecule has 21 heavy (non-hydrogen) atoms. The van der Waals surface area contributed by atoms with Crippen LogP contribution in [0.15, 0.2) is 29.3 Å². The van der Waals surface area contributed by atoms with Crippen molar-refractivity contribution in [1.82, 2.24) is 10.6 Å². The molecule has 114 valence electrons. The fraction of sp³-hybridized carbons (Fsp3) is 0.467. The van der Waals surface area contributed by atoms with E-state index in [1.54, 1.807) is 0 Å². The Hall–Kier alpha value is -2.24. The van der Waals surface area contributed by atoms with E-state index < -0.39 is 0 Å². The van der Waals surface area contributed by atoms with Gasteiger partial charge in [0.05, 0.1) is 12.6 Å². The molecule has 1 atom stereocenters. The fourth-order valence-electron chi connectivity index (χ4n) is 2.23. The van der Waals surface area contributed by atoms with Gasteiger partial charge >= 0.3 is 0 Å². The molecule has 1 heterocycles. The van der Waals surface area contributed by atoms with Crippen LogP contribution in [0.3, 0.4) is 0 Å². The van der Waals surface area contributed by atoms with Crippen LogP contribution in [0.2, 0.25) is 0 Å². The third kappa shape index (κ3) is 4.37. The number of aliphatic imine (C=N–C) groups is 1. The minimum absolute atomic E-state index is 0.0189. The van der Waals surface area contributed by atoms with E-state index in [4.69, 9.17) is 10.5 Å². The van der Waals surface area contributed by atoms with Gasteiger partial charge in [-0.1, -0.05) is 18.2 Å². The average Bonchev–Trinajstić information content (AvgIpc) is 2.45. The summed E-state index contributed by atoms with van der Waals surface area (Å²) in [5, 5.41) is 5.92. The lowest BCUT2D eigenvalue weighted by Gasteiger charge is -2.26. The summed E-state index contributed by atoms with van der Waals surface area (Å²) in [6.45, 7) is 4.54. The maximum Gasteiger partial charge on any atom is 0.242 e. The Morgan fingerprint density at radius 2 is 2.24 bits per heavy atom. The Morgan fingerprint density at radius 3 is 3.00 bits per heavy atom. The lowest BCUT2D eigenvalue weighted by molar-refractivity contribution is -0.120. The minimum Gasteiger partial charge on any atom is -0.493 e. The first kappa shape index (κ1) is 15.2. The molecule has 0 aliphatic carbocycles. The molecule has 0 spiro atoms. The Labute approximate surface area is 124 Å². The van der Waals surface area contributed by atoms with E-state index in [9.17, 15) is 4.79 Å². The molecule has 6 nitrogen and oxygen atoms in total. The number of carbonyl (C=O) groups excluding carboxylic acids is 1. The van der Waals surface area contributed by atoms with Gasteiger partial charge in [-0.15, -0.1) is 0 Å². The third-order valence-corrected chi connectivity index (χ3v) is 3.12. The van der Waals surface area contributed by atoms with Crippen LogP contribution < -0.4 is 21.1 Å². The van der Waals surface area contributed by atoms with Crippen LogP contribution in [0, 0.1) is 0 Å². The number of guanidine groups is 1. The normalized spacial score (nSPS) is 17.9. The molecule has 1 unspecified atom stereocenters. The molecule has 0 radical (unpaired) electrons. The number of benzene rings is 1. The zero-order valence-corrected chi connectivity index (χ0v) is 12.4. The van der Waals surface area contributed by atoms with Crippen LogP contribution >= 0.6 is 0 Å². The second kappa shape index (κ2) is 6.97. The van der Waals surface area contributed by atoms with Crippen molar-refractivity contribution in [2.45, 2.75) is 32.4 Å². The molecule has 1 aromatic carbocycles. The topological polar surface area (TPSA) is 88.7 Å². The van der Waals surface area contributed by atoms with Crippen molar-refractivity contribution in [3.05, 3.63) is 29.8 Å². The zero-order chi connectivity index (χ0) is 15.2. The zero-order valence-electron chi connectivity index (χ0n) is 12.4. The fourth-order valence-corrected chi connectivity index (χ4v) is 2.23. The molecular weight excluding hydrogens is 268 g/mol. The number of rotatable bonds is 4. The average molecular weight is 290 g/mol. The highest BCUT2D eigenvalue weighted by molar-refractivity contribution is 5.84. The van der Waals surface area contributed by atoms with Gasteiger partial charge in [0.25, 0.3) is 0 Å². The lowest BCUT2D eigenvalue weighted by atomic mass is 10.0. The molecule has 0 fully saturated rings. The van der Waals surface area contributed by atoms with Crippen LogP contribution in [0.4, 0.5) is 0 Å². The quantitative estimate of drug-likeness (QED) is 0.569. The number of ether oxygens (including phenoxy) is 1. The molecular formula is C15H22N4O2. The van der Waals surface area contributed by atoms with Gasteiger partial charge in [0, 0.05) is 18.0 Å². The summed E-state index contributed by atoms with van der Waals surface area (Å²) < 4.78 is 5.57. The van der Waals surface area contributed by atoms with Gasteiger partial charge in [-0.3, -0.25) is 4.79 Å². The van der Waals surface area contributed by atoms with Crippen molar-refractivity contribution in [1.29, 1.82) is 0 Å². The first-order valence-corrected chi connectivity index (χ1v) is 7.14. The largest absolute Gasteiger partial charge is 0.493 e. The van der Waals surface area contributed by atoms with Crippen molar-refractivity contribution in [2.75, 3.05) is 13.2 Å². The van der Waals surface area contributed by atoms with Gasteiger partial charge in [0.15, 0.2) is 5.96 Å². The molecule has 2 rings (SSSR count). The second-order valence-electron chi connectivity index (χ2n) is 5.30. The van der Waals surface area contributed by atoms with Gasteiger partial charge in [0.1, 0.15) is 12.3 Å². The molecule has 0 bridgehead atoms. The van der Waals surface area contributed by atoms with Gasteiger partial charge in [-0.05, 0) is 19.9 Å².